The first kappa shape index (κ1) is 11.1. The van der Waals surface area contributed by atoms with Crippen molar-refractivity contribution in [1.29, 1.82) is 0 Å². The van der Waals surface area contributed by atoms with Crippen molar-refractivity contribution in [3.63, 3.8) is 0 Å². The molecule has 0 aliphatic carbocycles. The third kappa shape index (κ3) is 2.25. The zero-order valence-electron chi connectivity index (χ0n) is 9.69. The largest absolute Gasteiger partial charge is 0.462 e. The molecule has 3 heteroatoms. The number of hydrogen-bond acceptors (Lipinski definition) is 3. The Balaban J connectivity index is 2.21. The molecule has 0 saturated heterocycles. The summed E-state index contributed by atoms with van der Waals surface area (Å²) in [5.41, 5.74) is 2.30. The molecule has 86 valence electrons. The van der Waals surface area contributed by atoms with Gasteiger partial charge in [0.05, 0.1) is 12.0 Å². The minimum atomic E-state index is -0.160. The predicted molar refractivity (Wildman–Crippen MR) is 62.1 cm³/mol. The minimum Gasteiger partial charge on any atom is -0.462 e. The van der Waals surface area contributed by atoms with Crippen molar-refractivity contribution in [2.24, 2.45) is 0 Å². The Kier molecular flexibility index (Phi) is 3.25. The van der Waals surface area contributed by atoms with E-state index in [1.807, 2.05) is 32.0 Å². The Hall–Kier alpha value is -1.35. The molecule has 1 unspecified atom stereocenters. The van der Waals surface area contributed by atoms with Crippen LogP contribution >= 0.6 is 0 Å². The first-order valence-electron chi connectivity index (χ1n) is 5.67. The summed E-state index contributed by atoms with van der Waals surface area (Å²) in [6.45, 7) is 5.25. The Morgan fingerprint density at radius 1 is 1.44 bits per heavy atom. The van der Waals surface area contributed by atoms with Crippen LogP contribution in [0.2, 0.25) is 0 Å². The zero-order valence-corrected chi connectivity index (χ0v) is 9.69. The highest BCUT2D eigenvalue weighted by Crippen LogP contribution is 2.25. The third-order valence-electron chi connectivity index (χ3n) is 2.73. The summed E-state index contributed by atoms with van der Waals surface area (Å²) in [6, 6.07) is 8.04. The number of rotatable bonds is 2. The molecule has 0 fully saturated rings. The average molecular weight is 219 g/mol. The van der Waals surface area contributed by atoms with Gasteiger partial charge in [0, 0.05) is 13.1 Å². The van der Waals surface area contributed by atoms with Gasteiger partial charge in [0.1, 0.15) is 0 Å². The lowest BCUT2D eigenvalue weighted by atomic mass is 9.91. The molecule has 1 aromatic carbocycles. The number of benzene rings is 1. The summed E-state index contributed by atoms with van der Waals surface area (Å²) in [7, 11) is 0. The normalized spacial score (nSPS) is 19.3. The van der Waals surface area contributed by atoms with Crippen LogP contribution in [0.15, 0.2) is 24.3 Å². The van der Waals surface area contributed by atoms with E-state index in [1.165, 1.54) is 5.56 Å². The highest BCUT2D eigenvalue weighted by Gasteiger charge is 2.27. The van der Waals surface area contributed by atoms with Crippen molar-refractivity contribution in [2.45, 2.75) is 32.4 Å². The van der Waals surface area contributed by atoms with E-state index in [1.54, 1.807) is 0 Å². The number of hydrogen-bond donors (Lipinski definition) is 1. The Labute approximate surface area is 95.8 Å². The second kappa shape index (κ2) is 4.66. The topological polar surface area (TPSA) is 38.3 Å². The van der Waals surface area contributed by atoms with Crippen LogP contribution in [0.3, 0.4) is 0 Å². The molecule has 0 saturated carbocycles. The van der Waals surface area contributed by atoms with Crippen LogP contribution in [0.25, 0.3) is 0 Å². The lowest BCUT2D eigenvalue weighted by Gasteiger charge is -2.25. The zero-order chi connectivity index (χ0) is 11.5. The Bertz CT molecular complexity index is 387. The van der Waals surface area contributed by atoms with E-state index in [0.29, 0.717) is 6.54 Å². The van der Waals surface area contributed by atoms with E-state index >= 15 is 0 Å². The molecule has 0 aromatic heterocycles. The van der Waals surface area contributed by atoms with Crippen LogP contribution < -0.4 is 5.32 Å². The van der Waals surface area contributed by atoms with Gasteiger partial charge in [-0.2, -0.15) is 0 Å². The van der Waals surface area contributed by atoms with Crippen molar-refractivity contribution >= 4 is 5.97 Å². The summed E-state index contributed by atoms with van der Waals surface area (Å²) >= 11 is 0. The molecule has 2 rings (SSSR count). The van der Waals surface area contributed by atoms with Gasteiger partial charge >= 0.3 is 5.97 Å². The summed E-state index contributed by atoms with van der Waals surface area (Å²) < 4.78 is 5.27. The molecule has 1 aliphatic rings. The Morgan fingerprint density at radius 2 is 2.19 bits per heavy atom. The third-order valence-corrected chi connectivity index (χ3v) is 2.73. The maximum atomic E-state index is 11.9. The number of nitrogens with one attached hydrogen (secondary N) is 1. The molecular weight excluding hydrogens is 202 g/mol. The number of carbonyl (C=O) groups is 1. The van der Waals surface area contributed by atoms with E-state index in [2.05, 4.69) is 11.4 Å². The second-order valence-corrected chi connectivity index (χ2v) is 4.37. The lowest BCUT2D eigenvalue weighted by molar-refractivity contribution is -0.149. The lowest BCUT2D eigenvalue weighted by Crippen LogP contribution is -2.34. The van der Waals surface area contributed by atoms with Gasteiger partial charge in [-0.05, 0) is 25.0 Å². The number of fused-ring (bicyclic) bond motifs is 1. The van der Waals surface area contributed by atoms with E-state index < -0.39 is 0 Å². The van der Waals surface area contributed by atoms with Crippen molar-refractivity contribution < 1.29 is 9.53 Å². The molecule has 0 amide bonds. The van der Waals surface area contributed by atoms with Crippen LogP contribution in [-0.4, -0.2) is 18.6 Å². The average Bonchev–Trinajstić information content (AvgIpc) is 2.27. The van der Waals surface area contributed by atoms with Crippen LogP contribution in [0.4, 0.5) is 0 Å². The fraction of sp³-hybridized carbons (Fsp3) is 0.462. The monoisotopic (exact) mass is 219 g/mol. The van der Waals surface area contributed by atoms with Crippen molar-refractivity contribution in [3.8, 4) is 0 Å². The summed E-state index contributed by atoms with van der Waals surface area (Å²) in [4.78, 5) is 11.9. The smallest absolute Gasteiger partial charge is 0.314 e. The van der Waals surface area contributed by atoms with Gasteiger partial charge in [-0.25, -0.2) is 0 Å². The SMILES string of the molecule is CC(C)OC(=O)C1CNCc2ccccc21. The molecule has 0 bridgehead atoms. The first-order chi connectivity index (χ1) is 7.68. The van der Waals surface area contributed by atoms with Crippen LogP contribution in [0, 0.1) is 0 Å². The molecule has 1 heterocycles. The molecule has 0 spiro atoms. The van der Waals surface area contributed by atoms with Crippen molar-refractivity contribution in [1.82, 2.24) is 5.32 Å². The minimum absolute atomic E-state index is 0.0541. The maximum Gasteiger partial charge on any atom is 0.314 e. The van der Waals surface area contributed by atoms with Gasteiger partial charge in [-0.3, -0.25) is 4.79 Å². The Morgan fingerprint density at radius 3 is 2.94 bits per heavy atom. The molecule has 1 aliphatic heterocycles. The van der Waals surface area contributed by atoms with E-state index in [9.17, 15) is 4.79 Å². The van der Waals surface area contributed by atoms with Gasteiger partial charge in [-0.1, -0.05) is 24.3 Å². The molecule has 3 nitrogen and oxygen atoms in total. The summed E-state index contributed by atoms with van der Waals surface area (Å²) in [5.74, 6) is -0.290. The summed E-state index contributed by atoms with van der Waals surface area (Å²) in [6.07, 6.45) is -0.0541. The van der Waals surface area contributed by atoms with Crippen molar-refractivity contribution in [2.75, 3.05) is 6.54 Å². The van der Waals surface area contributed by atoms with Gasteiger partial charge in [0.2, 0.25) is 0 Å². The number of esters is 1. The van der Waals surface area contributed by atoms with E-state index in [0.717, 1.165) is 12.1 Å². The van der Waals surface area contributed by atoms with Crippen molar-refractivity contribution in [3.05, 3.63) is 35.4 Å². The molecule has 1 aromatic rings. The molecule has 0 radical (unpaired) electrons. The summed E-state index contributed by atoms with van der Waals surface area (Å²) in [5, 5.41) is 3.24. The first-order valence-corrected chi connectivity index (χ1v) is 5.67. The van der Waals surface area contributed by atoms with E-state index in [4.69, 9.17) is 4.74 Å². The molecule has 1 N–H and O–H groups in total. The molecule has 16 heavy (non-hydrogen) atoms. The standard InChI is InChI=1S/C13H17NO2/c1-9(2)16-13(15)12-8-14-7-10-5-3-4-6-11(10)12/h3-6,9,12,14H,7-8H2,1-2H3. The van der Waals surface area contributed by atoms with Gasteiger partial charge in [0.25, 0.3) is 0 Å². The van der Waals surface area contributed by atoms with Gasteiger partial charge in [-0.15, -0.1) is 0 Å². The fourth-order valence-corrected chi connectivity index (χ4v) is 2.02. The maximum absolute atomic E-state index is 11.9. The quantitative estimate of drug-likeness (QED) is 0.771. The highest BCUT2D eigenvalue weighted by atomic mass is 16.5. The van der Waals surface area contributed by atoms with Gasteiger partial charge < -0.3 is 10.1 Å². The van der Waals surface area contributed by atoms with Crippen LogP contribution in [0.5, 0.6) is 0 Å². The fourth-order valence-electron chi connectivity index (χ4n) is 2.02. The van der Waals surface area contributed by atoms with Crippen LogP contribution in [0.1, 0.15) is 30.9 Å². The van der Waals surface area contributed by atoms with E-state index in [-0.39, 0.29) is 18.0 Å². The van der Waals surface area contributed by atoms with Gasteiger partial charge in [0.15, 0.2) is 0 Å². The molecule has 1 atom stereocenters. The highest BCUT2D eigenvalue weighted by molar-refractivity contribution is 5.79. The predicted octanol–water partition coefficient (Wildman–Crippen LogP) is 1.83. The van der Waals surface area contributed by atoms with Crippen LogP contribution in [-0.2, 0) is 16.1 Å². The molecular formula is C13H17NO2. The second-order valence-electron chi connectivity index (χ2n) is 4.37. The number of ether oxygens (including phenoxy) is 1. The number of carbonyl (C=O) groups excluding carboxylic acids is 1.